The van der Waals surface area contributed by atoms with Gasteiger partial charge in [-0.1, -0.05) is 6.07 Å². The smallest absolute Gasteiger partial charge is 0.159 e. The van der Waals surface area contributed by atoms with Gasteiger partial charge in [-0.2, -0.15) is 0 Å². The molecular formula is C13H11F3N2. The summed E-state index contributed by atoms with van der Waals surface area (Å²) in [5.41, 5.74) is 6.48. The molecule has 18 heavy (non-hydrogen) atoms. The van der Waals surface area contributed by atoms with E-state index in [1.165, 1.54) is 18.2 Å². The minimum Gasteiger partial charge on any atom is -0.396 e. The number of rotatable bonds is 3. The van der Waals surface area contributed by atoms with Crippen LogP contribution in [-0.2, 0) is 6.54 Å². The second kappa shape index (κ2) is 5.00. The highest BCUT2D eigenvalue weighted by atomic mass is 19.2. The standard InChI is InChI=1S/C13H11F3N2/c14-10-3-1-8(5-11(10)15)7-18-9-2-4-13(17)12(16)6-9/h1-6,18H,7,17H2. The summed E-state index contributed by atoms with van der Waals surface area (Å²) in [7, 11) is 0. The zero-order valence-electron chi connectivity index (χ0n) is 9.38. The predicted octanol–water partition coefficient (Wildman–Crippen LogP) is 3.30. The quantitative estimate of drug-likeness (QED) is 0.822. The van der Waals surface area contributed by atoms with Crippen molar-refractivity contribution < 1.29 is 13.2 Å². The van der Waals surface area contributed by atoms with Gasteiger partial charge in [-0.3, -0.25) is 0 Å². The molecule has 0 spiro atoms. The van der Waals surface area contributed by atoms with Gasteiger partial charge in [0.2, 0.25) is 0 Å². The van der Waals surface area contributed by atoms with E-state index in [4.69, 9.17) is 5.73 Å². The second-order valence-corrected chi connectivity index (χ2v) is 3.84. The van der Waals surface area contributed by atoms with E-state index in [2.05, 4.69) is 5.32 Å². The van der Waals surface area contributed by atoms with E-state index < -0.39 is 17.5 Å². The van der Waals surface area contributed by atoms with Gasteiger partial charge in [0.1, 0.15) is 5.82 Å². The van der Waals surface area contributed by atoms with Crippen LogP contribution in [0.3, 0.4) is 0 Å². The van der Waals surface area contributed by atoms with E-state index in [0.29, 0.717) is 11.3 Å². The number of anilines is 2. The molecule has 0 aliphatic rings. The monoisotopic (exact) mass is 252 g/mol. The highest BCUT2D eigenvalue weighted by Crippen LogP contribution is 2.17. The topological polar surface area (TPSA) is 38.0 Å². The van der Waals surface area contributed by atoms with Gasteiger partial charge in [-0.25, -0.2) is 13.2 Å². The lowest BCUT2D eigenvalue weighted by Crippen LogP contribution is -2.01. The largest absolute Gasteiger partial charge is 0.396 e. The van der Waals surface area contributed by atoms with Crippen LogP contribution in [0.15, 0.2) is 36.4 Å². The molecule has 0 aromatic heterocycles. The second-order valence-electron chi connectivity index (χ2n) is 3.84. The summed E-state index contributed by atoms with van der Waals surface area (Å²) in [4.78, 5) is 0. The van der Waals surface area contributed by atoms with Gasteiger partial charge in [0.05, 0.1) is 5.69 Å². The molecule has 0 radical (unpaired) electrons. The first-order chi connectivity index (χ1) is 8.56. The van der Waals surface area contributed by atoms with Crippen molar-refractivity contribution >= 4 is 11.4 Å². The Labute approximate surface area is 102 Å². The Morgan fingerprint density at radius 1 is 0.889 bits per heavy atom. The fourth-order valence-corrected chi connectivity index (χ4v) is 1.49. The molecule has 0 heterocycles. The Morgan fingerprint density at radius 2 is 1.67 bits per heavy atom. The van der Waals surface area contributed by atoms with Crippen molar-refractivity contribution in [2.75, 3.05) is 11.1 Å². The van der Waals surface area contributed by atoms with Crippen LogP contribution in [0.4, 0.5) is 24.5 Å². The normalized spacial score (nSPS) is 10.4. The zero-order chi connectivity index (χ0) is 13.1. The highest BCUT2D eigenvalue weighted by molar-refractivity contribution is 5.52. The summed E-state index contributed by atoms with van der Waals surface area (Å²) >= 11 is 0. The molecule has 2 rings (SSSR count). The molecule has 2 nitrogen and oxygen atoms in total. The number of nitrogens with two attached hydrogens (primary N) is 1. The van der Waals surface area contributed by atoms with Gasteiger partial charge in [0, 0.05) is 12.2 Å². The molecule has 2 aromatic rings. The van der Waals surface area contributed by atoms with Gasteiger partial charge in [-0.15, -0.1) is 0 Å². The predicted molar refractivity (Wildman–Crippen MR) is 64.5 cm³/mol. The number of halogens is 3. The first-order valence-corrected chi connectivity index (χ1v) is 5.29. The summed E-state index contributed by atoms with van der Waals surface area (Å²) in [6.45, 7) is 0.264. The third-order valence-corrected chi connectivity index (χ3v) is 2.48. The highest BCUT2D eigenvalue weighted by Gasteiger charge is 2.03. The van der Waals surface area contributed by atoms with Crippen LogP contribution >= 0.6 is 0 Å². The van der Waals surface area contributed by atoms with Crippen LogP contribution in [0.25, 0.3) is 0 Å². The van der Waals surface area contributed by atoms with E-state index in [0.717, 1.165) is 12.1 Å². The summed E-state index contributed by atoms with van der Waals surface area (Å²) < 4.78 is 38.8. The van der Waals surface area contributed by atoms with Crippen LogP contribution in [-0.4, -0.2) is 0 Å². The molecule has 0 fully saturated rings. The molecule has 0 aliphatic carbocycles. The van der Waals surface area contributed by atoms with Crippen molar-refractivity contribution in [1.82, 2.24) is 0 Å². The van der Waals surface area contributed by atoms with E-state index >= 15 is 0 Å². The minimum atomic E-state index is -0.905. The average Bonchev–Trinajstić information content (AvgIpc) is 2.35. The number of nitrogens with one attached hydrogen (secondary N) is 1. The molecule has 0 unspecified atom stereocenters. The SMILES string of the molecule is Nc1ccc(NCc2ccc(F)c(F)c2)cc1F. The fraction of sp³-hybridized carbons (Fsp3) is 0.0769. The summed E-state index contributed by atoms with van der Waals surface area (Å²) in [6, 6.07) is 7.89. The maximum Gasteiger partial charge on any atom is 0.159 e. The first-order valence-electron chi connectivity index (χ1n) is 5.29. The molecule has 0 saturated heterocycles. The molecular weight excluding hydrogens is 241 g/mol. The van der Waals surface area contributed by atoms with E-state index in [9.17, 15) is 13.2 Å². The van der Waals surface area contributed by atoms with Crippen LogP contribution < -0.4 is 11.1 Å². The van der Waals surface area contributed by atoms with Gasteiger partial charge in [0.25, 0.3) is 0 Å². The van der Waals surface area contributed by atoms with Crippen molar-refractivity contribution in [2.24, 2.45) is 0 Å². The van der Waals surface area contributed by atoms with Crippen molar-refractivity contribution in [2.45, 2.75) is 6.54 Å². The Morgan fingerprint density at radius 3 is 2.33 bits per heavy atom. The van der Waals surface area contributed by atoms with Crippen LogP contribution in [0.5, 0.6) is 0 Å². The molecule has 0 amide bonds. The lowest BCUT2D eigenvalue weighted by molar-refractivity contribution is 0.507. The maximum atomic E-state index is 13.1. The summed E-state index contributed by atoms with van der Waals surface area (Å²) in [5.74, 6) is -2.32. The van der Waals surface area contributed by atoms with E-state index in [-0.39, 0.29) is 12.2 Å². The van der Waals surface area contributed by atoms with Gasteiger partial charge in [0.15, 0.2) is 11.6 Å². The number of hydrogen-bond acceptors (Lipinski definition) is 2. The lowest BCUT2D eigenvalue weighted by atomic mass is 10.2. The Balaban J connectivity index is 2.06. The van der Waals surface area contributed by atoms with E-state index in [1.807, 2.05) is 0 Å². The average molecular weight is 252 g/mol. The molecule has 0 atom stereocenters. The van der Waals surface area contributed by atoms with Crippen molar-refractivity contribution in [3.05, 3.63) is 59.4 Å². The maximum absolute atomic E-state index is 13.1. The van der Waals surface area contributed by atoms with Crippen molar-refractivity contribution in [1.29, 1.82) is 0 Å². The Kier molecular flexibility index (Phi) is 3.41. The van der Waals surface area contributed by atoms with Crippen LogP contribution in [0.2, 0.25) is 0 Å². The molecule has 2 aromatic carbocycles. The van der Waals surface area contributed by atoms with Gasteiger partial charge >= 0.3 is 0 Å². The van der Waals surface area contributed by atoms with Gasteiger partial charge in [-0.05, 0) is 35.9 Å². The number of nitrogen functional groups attached to an aromatic ring is 1. The molecule has 0 aliphatic heterocycles. The van der Waals surface area contributed by atoms with Crippen LogP contribution in [0, 0.1) is 17.5 Å². The van der Waals surface area contributed by atoms with Crippen molar-refractivity contribution in [3.63, 3.8) is 0 Å². The molecule has 5 heteroatoms. The number of benzene rings is 2. The Bertz CT molecular complexity index is 519. The first kappa shape index (κ1) is 12.3. The molecule has 94 valence electrons. The van der Waals surface area contributed by atoms with Crippen LogP contribution in [0.1, 0.15) is 5.56 Å². The van der Waals surface area contributed by atoms with Gasteiger partial charge < -0.3 is 11.1 Å². The summed E-state index contributed by atoms with van der Waals surface area (Å²) in [5, 5.41) is 2.89. The molecule has 3 N–H and O–H groups in total. The Hall–Kier alpha value is -2.17. The minimum absolute atomic E-state index is 0.0633. The number of hydrogen-bond donors (Lipinski definition) is 2. The third-order valence-electron chi connectivity index (χ3n) is 2.48. The summed E-state index contributed by atoms with van der Waals surface area (Å²) in [6.07, 6.45) is 0. The lowest BCUT2D eigenvalue weighted by Gasteiger charge is -2.07. The van der Waals surface area contributed by atoms with Crippen molar-refractivity contribution in [3.8, 4) is 0 Å². The molecule has 0 bridgehead atoms. The third kappa shape index (κ3) is 2.74. The zero-order valence-corrected chi connectivity index (χ0v) is 9.38. The van der Waals surface area contributed by atoms with E-state index in [1.54, 1.807) is 6.07 Å². The molecule has 0 saturated carbocycles. The fourth-order valence-electron chi connectivity index (χ4n) is 1.49.